The van der Waals surface area contributed by atoms with Crippen LogP contribution in [0.25, 0.3) is 0 Å². The Balaban J connectivity index is 1.92. The summed E-state index contributed by atoms with van der Waals surface area (Å²) in [6, 6.07) is 0.589. The van der Waals surface area contributed by atoms with Gasteiger partial charge in [0, 0.05) is 25.7 Å². The van der Waals surface area contributed by atoms with Gasteiger partial charge in [-0.15, -0.1) is 0 Å². The molecule has 1 heterocycles. The standard InChI is InChI=1S/C16H28N4O/c1-2-8-17-16-12-18-14(11-19-16)13-20(9-10-21)15-6-4-3-5-7-15/h11-12,15,21H,2-10,13H2,1H3,(H,17,19). The van der Waals surface area contributed by atoms with E-state index in [2.05, 4.69) is 27.1 Å². The molecule has 0 aromatic carbocycles. The van der Waals surface area contributed by atoms with Gasteiger partial charge in [0.05, 0.1) is 24.7 Å². The second-order valence-corrected chi connectivity index (χ2v) is 5.81. The van der Waals surface area contributed by atoms with Gasteiger partial charge in [-0.05, 0) is 19.3 Å². The van der Waals surface area contributed by atoms with Crippen LogP contribution in [0.3, 0.4) is 0 Å². The summed E-state index contributed by atoms with van der Waals surface area (Å²) in [6.07, 6.45) is 11.2. The van der Waals surface area contributed by atoms with E-state index in [0.29, 0.717) is 6.04 Å². The van der Waals surface area contributed by atoms with Crippen molar-refractivity contribution in [2.75, 3.05) is 25.0 Å². The summed E-state index contributed by atoms with van der Waals surface area (Å²) >= 11 is 0. The molecule has 1 aromatic heterocycles. The van der Waals surface area contributed by atoms with E-state index >= 15 is 0 Å². The fraction of sp³-hybridized carbons (Fsp3) is 0.750. The van der Waals surface area contributed by atoms with Crippen LogP contribution in [0.4, 0.5) is 5.82 Å². The van der Waals surface area contributed by atoms with Gasteiger partial charge in [-0.3, -0.25) is 9.88 Å². The van der Waals surface area contributed by atoms with E-state index in [0.717, 1.165) is 37.6 Å². The van der Waals surface area contributed by atoms with Crippen LogP contribution in [0.2, 0.25) is 0 Å². The van der Waals surface area contributed by atoms with E-state index in [9.17, 15) is 5.11 Å². The van der Waals surface area contributed by atoms with E-state index in [1.807, 2.05) is 12.4 Å². The molecule has 0 spiro atoms. The quantitative estimate of drug-likeness (QED) is 0.770. The van der Waals surface area contributed by atoms with E-state index in [1.165, 1.54) is 32.1 Å². The summed E-state index contributed by atoms with van der Waals surface area (Å²) in [5, 5.41) is 12.5. The average molecular weight is 292 g/mol. The number of hydrogen-bond donors (Lipinski definition) is 2. The van der Waals surface area contributed by atoms with Crippen LogP contribution < -0.4 is 5.32 Å². The van der Waals surface area contributed by atoms with Crippen molar-refractivity contribution >= 4 is 5.82 Å². The molecule has 1 aliphatic rings. The van der Waals surface area contributed by atoms with Crippen LogP contribution in [-0.4, -0.2) is 45.7 Å². The van der Waals surface area contributed by atoms with E-state index in [1.54, 1.807) is 0 Å². The van der Waals surface area contributed by atoms with E-state index in [4.69, 9.17) is 0 Å². The Hall–Kier alpha value is -1.20. The molecule has 1 aliphatic carbocycles. The second-order valence-electron chi connectivity index (χ2n) is 5.81. The van der Waals surface area contributed by atoms with Crippen LogP contribution >= 0.6 is 0 Å². The molecular weight excluding hydrogens is 264 g/mol. The first-order chi connectivity index (χ1) is 10.3. The van der Waals surface area contributed by atoms with Crippen molar-refractivity contribution in [1.29, 1.82) is 0 Å². The van der Waals surface area contributed by atoms with E-state index < -0.39 is 0 Å². The third-order valence-corrected chi connectivity index (χ3v) is 4.10. The van der Waals surface area contributed by atoms with Crippen molar-refractivity contribution in [1.82, 2.24) is 14.9 Å². The molecule has 0 radical (unpaired) electrons. The molecule has 0 saturated heterocycles. The lowest BCUT2D eigenvalue weighted by molar-refractivity contribution is 0.116. The first-order valence-electron chi connectivity index (χ1n) is 8.23. The van der Waals surface area contributed by atoms with Gasteiger partial charge in [-0.2, -0.15) is 0 Å². The monoisotopic (exact) mass is 292 g/mol. The maximum Gasteiger partial charge on any atom is 0.144 e. The Morgan fingerprint density at radius 2 is 2.05 bits per heavy atom. The highest BCUT2D eigenvalue weighted by Crippen LogP contribution is 2.23. The Morgan fingerprint density at radius 1 is 1.24 bits per heavy atom. The molecule has 1 saturated carbocycles. The highest BCUT2D eigenvalue weighted by Gasteiger charge is 2.21. The number of nitrogens with zero attached hydrogens (tertiary/aromatic N) is 3. The van der Waals surface area contributed by atoms with Crippen LogP contribution in [0, 0.1) is 0 Å². The number of aliphatic hydroxyl groups is 1. The van der Waals surface area contributed by atoms with Crippen molar-refractivity contribution in [3.8, 4) is 0 Å². The van der Waals surface area contributed by atoms with Crippen molar-refractivity contribution in [3.05, 3.63) is 18.1 Å². The highest BCUT2D eigenvalue weighted by molar-refractivity contribution is 5.30. The molecule has 2 rings (SSSR count). The maximum atomic E-state index is 9.30. The Labute approximate surface area is 127 Å². The number of aliphatic hydroxyl groups excluding tert-OH is 1. The summed E-state index contributed by atoms with van der Waals surface area (Å²) in [6.45, 7) is 4.77. The lowest BCUT2D eigenvalue weighted by Crippen LogP contribution is -2.38. The van der Waals surface area contributed by atoms with Gasteiger partial charge >= 0.3 is 0 Å². The lowest BCUT2D eigenvalue weighted by Gasteiger charge is -2.33. The topological polar surface area (TPSA) is 61.3 Å². The summed E-state index contributed by atoms with van der Waals surface area (Å²) < 4.78 is 0. The highest BCUT2D eigenvalue weighted by atomic mass is 16.3. The molecule has 118 valence electrons. The number of rotatable bonds is 8. The zero-order valence-corrected chi connectivity index (χ0v) is 13.1. The van der Waals surface area contributed by atoms with Gasteiger partial charge in [-0.1, -0.05) is 26.2 Å². The molecule has 1 fully saturated rings. The fourth-order valence-corrected chi connectivity index (χ4v) is 2.95. The van der Waals surface area contributed by atoms with Crippen molar-refractivity contribution in [2.45, 2.75) is 58.0 Å². The Kier molecular flexibility index (Phi) is 6.89. The lowest BCUT2D eigenvalue weighted by atomic mass is 9.94. The van der Waals surface area contributed by atoms with Gasteiger partial charge < -0.3 is 10.4 Å². The van der Waals surface area contributed by atoms with Crippen molar-refractivity contribution in [2.24, 2.45) is 0 Å². The van der Waals surface area contributed by atoms with Crippen LogP contribution in [0.5, 0.6) is 0 Å². The average Bonchev–Trinajstić information content (AvgIpc) is 2.54. The minimum Gasteiger partial charge on any atom is -0.395 e. The molecule has 0 bridgehead atoms. The first kappa shape index (κ1) is 16.2. The molecular formula is C16H28N4O. The summed E-state index contributed by atoms with van der Waals surface area (Å²) in [7, 11) is 0. The molecule has 0 aliphatic heterocycles. The number of aromatic nitrogens is 2. The summed E-state index contributed by atoms with van der Waals surface area (Å²) in [4.78, 5) is 11.3. The molecule has 5 heteroatoms. The molecule has 21 heavy (non-hydrogen) atoms. The normalized spacial score (nSPS) is 16.3. The predicted octanol–water partition coefficient (Wildman–Crippen LogP) is 2.43. The Bertz CT molecular complexity index is 390. The van der Waals surface area contributed by atoms with Crippen LogP contribution in [-0.2, 0) is 6.54 Å². The van der Waals surface area contributed by atoms with Crippen LogP contribution in [0.1, 0.15) is 51.1 Å². The second kappa shape index (κ2) is 8.95. The van der Waals surface area contributed by atoms with Crippen LogP contribution in [0.15, 0.2) is 12.4 Å². The SMILES string of the molecule is CCCNc1cnc(CN(CCO)C2CCCCC2)cn1. The largest absolute Gasteiger partial charge is 0.395 e. The molecule has 1 aromatic rings. The number of nitrogens with one attached hydrogen (secondary N) is 1. The maximum absolute atomic E-state index is 9.30. The Morgan fingerprint density at radius 3 is 2.67 bits per heavy atom. The summed E-state index contributed by atoms with van der Waals surface area (Å²) in [5.74, 6) is 0.840. The van der Waals surface area contributed by atoms with Gasteiger partial charge in [-0.25, -0.2) is 4.98 Å². The molecule has 2 N–H and O–H groups in total. The number of anilines is 1. The van der Waals surface area contributed by atoms with Gasteiger partial charge in [0.25, 0.3) is 0 Å². The minimum atomic E-state index is 0.208. The van der Waals surface area contributed by atoms with Gasteiger partial charge in [0.2, 0.25) is 0 Å². The smallest absolute Gasteiger partial charge is 0.144 e. The first-order valence-corrected chi connectivity index (χ1v) is 8.23. The van der Waals surface area contributed by atoms with Gasteiger partial charge in [0.15, 0.2) is 0 Å². The zero-order chi connectivity index (χ0) is 14.9. The minimum absolute atomic E-state index is 0.208. The van der Waals surface area contributed by atoms with Crippen molar-refractivity contribution in [3.63, 3.8) is 0 Å². The fourth-order valence-electron chi connectivity index (χ4n) is 2.95. The molecule has 5 nitrogen and oxygen atoms in total. The number of hydrogen-bond acceptors (Lipinski definition) is 5. The van der Waals surface area contributed by atoms with Crippen molar-refractivity contribution < 1.29 is 5.11 Å². The molecule has 0 atom stereocenters. The summed E-state index contributed by atoms with van der Waals surface area (Å²) in [5.41, 5.74) is 0.982. The zero-order valence-electron chi connectivity index (χ0n) is 13.1. The third kappa shape index (κ3) is 5.25. The van der Waals surface area contributed by atoms with Gasteiger partial charge in [0.1, 0.15) is 5.82 Å². The van der Waals surface area contributed by atoms with E-state index in [-0.39, 0.29) is 6.61 Å². The molecule has 0 unspecified atom stereocenters. The third-order valence-electron chi connectivity index (χ3n) is 4.10. The predicted molar refractivity (Wildman–Crippen MR) is 85.2 cm³/mol. The molecule has 0 amide bonds.